The molecule has 2 rings (SSSR count). The summed E-state index contributed by atoms with van der Waals surface area (Å²) in [5.74, 6) is 0.669. The third-order valence-corrected chi connectivity index (χ3v) is 4.64. The molecule has 0 aromatic heterocycles. The molecule has 1 saturated heterocycles. The molecule has 1 aromatic rings. The number of halogens is 2. The summed E-state index contributed by atoms with van der Waals surface area (Å²) in [6.45, 7) is 6.94. The zero-order chi connectivity index (χ0) is 19.6. The monoisotopic (exact) mass is 521 g/mol. The van der Waals surface area contributed by atoms with Gasteiger partial charge in [0.05, 0.1) is 17.1 Å². The number of guanidine groups is 1. The van der Waals surface area contributed by atoms with Crippen LogP contribution in [0.2, 0.25) is 5.02 Å². The number of hydrogen-bond acceptors (Lipinski definition) is 3. The van der Waals surface area contributed by atoms with Crippen LogP contribution in [-0.2, 0) is 4.79 Å². The first-order chi connectivity index (χ1) is 13.0. The average molecular weight is 522 g/mol. The van der Waals surface area contributed by atoms with Crippen LogP contribution in [0.4, 0.5) is 0 Å². The van der Waals surface area contributed by atoms with E-state index in [1.165, 1.54) is 0 Å². The van der Waals surface area contributed by atoms with Crippen molar-refractivity contribution in [2.24, 2.45) is 4.99 Å². The molecule has 1 atom stereocenters. The van der Waals surface area contributed by atoms with Crippen molar-refractivity contribution in [1.82, 2.24) is 20.9 Å². The van der Waals surface area contributed by atoms with Crippen molar-refractivity contribution in [2.45, 2.75) is 32.7 Å². The summed E-state index contributed by atoms with van der Waals surface area (Å²) in [6.07, 6.45) is 1.44. The van der Waals surface area contributed by atoms with Gasteiger partial charge in [0.2, 0.25) is 5.91 Å². The third kappa shape index (κ3) is 7.46. The fourth-order valence-electron chi connectivity index (χ4n) is 2.92. The topological polar surface area (TPSA) is 85.8 Å². The molecule has 0 radical (unpaired) electrons. The highest BCUT2D eigenvalue weighted by Gasteiger charge is 2.25. The summed E-state index contributed by atoms with van der Waals surface area (Å²) in [7, 11) is 0. The Morgan fingerprint density at radius 2 is 2.00 bits per heavy atom. The lowest BCUT2D eigenvalue weighted by Gasteiger charge is -2.18. The summed E-state index contributed by atoms with van der Waals surface area (Å²) in [6, 6.07) is 7.14. The normalized spacial score (nSPS) is 16.3. The van der Waals surface area contributed by atoms with Crippen LogP contribution in [0.15, 0.2) is 29.3 Å². The van der Waals surface area contributed by atoms with Crippen LogP contribution in [0, 0.1) is 0 Å². The summed E-state index contributed by atoms with van der Waals surface area (Å²) < 4.78 is 0. The number of nitrogens with zero attached hydrogens (tertiary/aromatic N) is 2. The number of benzene rings is 1. The highest BCUT2D eigenvalue weighted by molar-refractivity contribution is 14.0. The summed E-state index contributed by atoms with van der Waals surface area (Å²) in [5, 5.41) is 9.82. The van der Waals surface area contributed by atoms with Crippen molar-refractivity contribution in [3.05, 3.63) is 34.9 Å². The molecule has 28 heavy (non-hydrogen) atoms. The van der Waals surface area contributed by atoms with Crippen molar-refractivity contribution < 1.29 is 9.59 Å². The van der Waals surface area contributed by atoms with Gasteiger partial charge < -0.3 is 20.9 Å². The molecule has 2 amide bonds. The van der Waals surface area contributed by atoms with Crippen molar-refractivity contribution in [3.63, 3.8) is 0 Å². The van der Waals surface area contributed by atoms with Crippen LogP contribution < -0.4 is 16.0 Å². The van der Waals surface area contributed by atoms with Gasteiger partial charge in [0, 0.05) is 38.6 Å². The van der Waals surface area contributed by atoms with E-state index in [1.54, 1.807) is 24.3 Å². The van der Waals surface area contributed by atoms with Gasteiger partial charge in [0.25, 0.3) is 5.91 Å². The third-order valence-electron chi connectivity index (χ3n) is 4.31. The van der Waals surface area contributed by atoms with E-state index in [4.69, 9.17) is 11.6 Å². The lowest BCUT2D eigenvalue weighted by atomic mass is 10.2. The Labute approximate surface area is 188 Å². The summed E-state index contributed by atoms with van der Waals surface area (Å²) >= 11 is 6.03. The minimum Gasteiger partial charge on any atom is -0.357 e. The number of aliphatic imine (C=N–C) groups is 1. The average Bonchev–Trinajstić information content (AvgIpc) is 3.13. The van der Waals surface area contributed by atoms with Gasteiger partial charge in [-0.25, -0.2) is 0 Å². The lowest BCUT2D eigenvalue weighted by molar-refractivity contribution is -0.129. The van der Waals surface area contributed by atoms with Crippen molar-refractivity contribution >= 4 is 53.4 Å². The molecule has 0 aliphatic carbocycles. The van der Waals surface area contributed by atoms with Gasteiger partial charge in [-0.05, 0) is 25.5 Å². The standard InChI is InChI=1S/C19H28ClN5O2.HI/c1-3-17(26)25-12-9-14(13-25)24-19(21-4-2)23-11-10-22-18(27)15-7-5-6-8-16(15)20;/h5-8,14H,3-4,9-13H2,1-2H3,(H,22,27)(H2,21,23,24);1H. The molecule has 0 spiro atoms. The van der Waals surface area contributed by atoms with Crippen LogP contribution in [-0.4, -0.2) is 61.4 Å². The van der Waals surface area contributed by atoms with Gasteiger partial charge in [-0.15, -0.1) is 24.0 Å². The van der Waals surface area contributed by atoms with E-state index < -0.39 is 0 Å². The zero-order valence-electron chi connectivity index (χ0n) is 16.3. The highest BCUT2D eigenvalue weighted by Crippen LogP contribution is 2.14. The largest absolute Gasteiger partial charge is 0.357 e. The molecular weight excluding hydrogens is 493 g/mol. The number of amides is 2. The quantitative estimate of drug-likeness (QED) is 0.222. The van der Waals surface area contributed by atoms with Crippen LogP contribution in [0.5, 0.6) is 0 Å². The Hall–Kier alpha value is -1.55. The van der Waals surface area contributed by atoms with Crippen LogP contribution >= 0.6 is 35.6 Å². The van der Waals surface area contributed by atoms with Crippen LogP contribution in [0.3, 0.4) is 0 Å². The molecule has 1 aliphatic rings. The fraction of sp³-hybridized carbons (Fsp3) is 0.526. The molecule has 0 saturated carbocycles. The van der Waals surface area contributed by atoms with E-state index >= 15 is 0 Å². The number of nitrogens with one attached hydrogen (secondary N) is 3. The zero-order valence-corrected chi connectivity index (χ0v) is 19.4. The van der Waals surface area contributed by atoms with Gasteiger partial charge in [-0.1, -0.05) is 30.7 Å². The Bertz CT molecular complexity index is 686. The first kappa shape index (κ1) is 24.5. The second-order valence-corrected chi connectivity index (χ2v) is 6.73. The molecule has 0 bridgehead atoms. The minimum atomic E-state index is -0.210. The van der Waals surface area contributed by atoms with Gasteiger partial charge >= 0.3 is 0 Å². The van der Waals surface area contributed by atoms with E-state index in [2.05, 4.69) is 20.9 Å². The summed E-state index contributed by atoms with van der Waals surface area (Å²) in [5.41, 5.74) is 0.458. The van der Waals surface area contributed by atoms with E-state index in [1.807, 2.05) is 18.7 Å². The van der Waals surface area contributed by atoms with Crippen LogP contribution in [0.25, 0.3) is 0 Å². The molecule has 1 heterocycles. The molecule has 3 N–H and O–H groups in total. The lowest BCUT2D eigenvalue weighted by Crippen LogP contribution is -2.45. The maximum atomic E-state index is 12.1. The second-order valence-electron chi connectivity index (χ2n) is 6.32. The van der Waals surface area contributed by atoms with Gasteiger partial charge in [-0.2, -0.15) is 0 Å². The maximum absolute atomic E-state index is 12.1. The van der Waals surface area contributed by atoms with Crippen molar-refractivity contribution in [3.8, 4) is 0 Å². The molecule has 9 heteroatoms. The molecule has 1 aromatic carbocycles. The molecule has 1 aliphatic heterocycles. The Morgan fingerprint density at radius 3 is 2.68 bits per heavy atom. The first-order valence-corrected chi connectivity index (χ1v) is 9.78. The predicted octanol–water partition coefficient (Wildman–Crippen LogP) is 2.25. The SMILES string of the molecule is CCNC(=NCCNC(=O)c1ccccc1Cl)NC1CCN(C(=O)CC)C1.I. The van der Waals surface area contributed by atoms with E-state index in [9.17, 15) is 9.59 Å². The summed E-state index contributed by atoms with van der Waals surface area (Å²) in [4.78, 5) is 30.3. The molecule has 1 fully saturated rings. The first-order valence-electron chi connectivity index (χ1n) is 9.40. The maximum Gasteiger partial charge on any atom is 0.252 e. The van der Waals surface area contributed by atoms with Crippen LogP contribution in [0.1, 0.15) is 37.0 Å². The Balaban J connectivity index is 0.00000392. The predicted molar refractivity (Wildman–Crippen MR) is 124 cm³/mol. The van der Waals surface area contributed by atoms with E-state index in [0.717, 1.165) is 19.5 Å². The second kappa shape index (κ2) is 12.8. The van der Waals surface area contributed by atoms with Gasteiger partial charge in [0.1, 0.15) is 0 Å². The van der Waals surface area contributed by atoms with Gasteiger partial charge in [0.15, 0.2) is 5.96 Å². The Kier molecular flexibility index (Phi) is 11.2. The fourth-order valence-corrected chi connectivity index (χ4v) is 3.14. The number of carbonyl (C=O) groups is 2. The molecular formula is C19H29ClIN5O2. The van der Waals surface area contributed by atoms with Gasteiger partial charge in [-0.3, -0.25) is 14.6 Å². The number of likely N-dealkylation sites (tertiary alicyclic amines) is 1. The highest BCUT2D eigenvalue weighted by atomic mass is 127. The number of hydrogen-bond donors (Lipinski definition) is 3. The van der Waals surface area contributed by atoms with E-state index in [0.29, 0.717) is 42.6 Å². The van der Waals surface area contributed by atoms with E-state index in [-0.39, 0.29) is 41.8 Å². The smallest absolute Gasteiger partial charge is 0.252 e. The number of carbonyl (C=O) groups excluding carboxylic acids is 2. The van der Waals surface area contributed by atoms with Crippen molar-refractivity contribution in [2.75, 3.05) is 32.7 Å². The molecule has 7 nitrogen and oxygen atoms in total. The Morgan fingerprint density at radius 1 is 1.25 bits per heavy atom. The minimum absolute atomic E-state index is 0. The molecule has 156 valence electrons. The molecule has 1 unspecified atom stereocenters. The van der Waals surface area contributed by atoms with Crippen molar-refractivity contribution in [1.29, 1.82) is 0 Å². The number of rotatable bonds is 7.